The molecule has 1 aliphatic rings. The van der Waals surface area contributed by atoms with Crippen LogP contribution < -0.4 is 5.46 Å². The normalized spacial score (nSPS) is 16.9. The molecule has 0 atom stereocenters. The van der Waals surface area contributed by atoms with E-state index < -0.39 is 18.5 Å². The van der Waals surface area contributed by atoms with Crippen molar-refractivity contribution in [1.82, 2.24) is 9.78 Å². The van der Waals surface area contributed by atoms with Crippen LogP contribution in [0.5, 0.6) is 0 Å². The summed E-state index contributed by atoms with van der Waals surface area (Å²) in [6.45, 7) is 9.48. The molecule has 2 aromatic carbocycles. The molecule has 1 aromatic heterocycles. The van der Waals surface area contributed by atoms with E-state index in [0.717, 1.165) is 54.0 Å². The third kappa shape index (κ3) is 11.0. The van der Waals surface area contributed by atoms with Crippen molar-refractivity contribution in [2.45, 2.75) is 78.4 Å². The van der Waals surface area contributed by atoms with Crippen LogP contribution >= 0.6 is 15.9 Å². The number of hydrogen-bond donors (Lipinski definition) is 2. The van der Waals surface area contributed by atoms with Crippen LogP contribution in [0.1, 0.15) is 65.5 Å². The van der Waals surface area contributed by atoms with Crippen molar-refractivity contribution in [3.63, 3.8) is 0 Å². The fourth-order valence-electron chi connectivity index (χ4n) is 5.05. The Labute approximate surface area is 257 Å². The zero-order valence-electron chi connectivity index (χ0n) is 25.1. The Morgan fingerprint density at radius 2 is 1.74 bits per heavy atom. The molecule has 4 rings (SSSR count). The summed E-state index contributed by atoms with van der Waals surface area (Å²) < 4.78 is 26.6. The van der Waals surface area contributed by atoms with E-state index in [9.17, 15) is 9.18 Å². The fraction of sp³-hybridized carbons (Fsp3) is 0.500. The van der Waals surface area contributed by atoms with Gasteiger partial charge in [-0.2, -0.15) is 5.10 Å². The van der Waals surface area contributed by atoms with E-state index in [1.807, 2.05) is 26.8 Å². The predicted octanol–water partition coefficient (Wildman–Crippen LogP) is 5.94. The molecule has 228 valence electrons. The van der Waals surface area contributed by atoms with Gasteiger partial charge >= 0.3 is 13.1 Å². The van der Waals surface area contributed by atoms with E-state index in [-0.39, 0.29) is 18.0 Å². The average Bonchev–Trinajstić information content (AvgIpc) is 3.24. The van der Waals surface area contributed by atoms with Gasteiger partial charge in [0.05, 0.1) is 16.8 Å². The molecule has 1 heterocycles. The van der Waals surface area contributed by atoms with Gasteiger partial charge in [-0.05, 0) is 98.2 Å². The van der Waals surface area contributed by atoms with Crippen molar-refractivity contribution >= 4 is 34.5 Å². The first kappa shape index (κ1) is 34.0. The summed E-state index contributed by atoms with van der Waals surface area (Å²) in [4.78, 5) is 11.8. The SMILES string of the molecule is CCCc1c(Br)c(-c2ccccc2)nn1CC1CCC(COCC(=O)OC(C)(C)C)CC1.OB(O)c1cccc(F)c1. The van der Waals surface area contributed by atoms with Crippen molar-refractivity contribution in [3.8, 4) is 11.3 Å². The molecule has 2 N–H and O–H groups in total. The van der Waals surface area contributed by atoms with Gasteiger partial charge in [-0.15, -0.1) is 0 Å². The second-order valence-electron chi connectivity index (χ2n) is 11.8. The van der Waals surface area contributed by atoms with Crippen LogP contribution in [0.3, 0.4) is 0 Å². The number of nitrogens with zero attached hydrogens (tertiary/aromatic N) is 2. The van der Waals surface area contributed by atoms with Crippen molar-refractivity contribution in [3.05, 3.63) is 70.6 Å². The molecule has 0 spiro atoms. The predicted molar refractivity (Wildman–Crippen MR) is 168 cm³/mol. The summed E-state index contributed by atoms with van der Waals surface area (Å²) in [7, 11) is -1.59. The number of carbonyl (C=O) groups is 1. The van der Waals surface area contributed by atoms with Gasteiger partial charge in [0.15, 0.2) is 0 Å². The molecule has 0 aliphatic heterocycles. The van der Waals surface area contributed by atoms with Crippen LogP contribution in [-0.4, -0.2) is 51.7 Å². The molecule has 0 saturated heterocycles. The molecule has 10 heteroatoms. The Morgan fingerprint density at radius 1 is 1.07 bits per heavy atom. The molecule has 0 bridgehead atoms. The third-order valence-corrected chi connectivity index (χ3v) is 7.90. The fourth-order valence-corrected chi connectivity index (χ4v) is 5.77. The number of hydrogen-bond acceptors (Lipinski definition) is 6. The van der Waals surface area contributed by atoms with Crippen molar-refractivity contribution in [1.29, 1.82) is 0 Å². The lowest BCUT2D eigenvalue weighted by Gasteiger charge is -2.28. The highest BCUT2D eigenvalue weighted by molar-refractivity contribution is 9.10. The van der Waals surface area contributed by atoms with Gasteiger partial charge in [-0.1, -0.05) is 55.8 Å². The zero-order valence-corrected chi connectivity index (χ0v) is 26.6. The van der Waals surface area contributed by atoms with Crippen molar-refractivity contribution in [2.75, 3.05) is 13.2 Å². The Bertz CT molecular complexity index is 1260. The Morgan fingerprint density at radius 3 is 2.31 bits per heavy atom. The van der Waals surface area contributed by atoms with E-state index in [1.165, 1.54) is 36.7 Å². The molecule has 1 fully saturated rings. The van der Waals surface area contributed by atoms with E-state index in [1.54, 1.807) is 0 Å². The molecule has 1 saturated carbocycles. The molecule has 0 amide bonds. The summed E-state index contributed by atoms with van der Waals surface area (Å²) in [5.74, 6) is 0.398. The van der Waals surface area contributed by atoms with E-state index in [4.69, 9.17) is 24.6 Å². The van der Waals surface area contributed by atoms with Gasteiger partial charge in [0.2, 0.25) is 0 Å². The largest absolute Gasteiger partial charge is 0.488 e. The number of ether oxygens (including phenoxy) is 2. The van der Waals surface area contributed by atoms with Gasteiger partial charge in [0.1, 0.15) is 23.7 Å². The summed E-state index contributed by atoms with van der Waals surface area (Å²) >= 11 is 3.83. The maximum Gasteiger partial charge on any atom is 0.488 e. The lowest BCUT2D eigenvalue weighted by atomic mass is 9.80. The number of rotatable bonds is 10. The Kier molecular flexibility index (Phi) is 13.2. The first-order chi connectivity index (χ1) is 20.0. The molecule has 1 aliphatic carbocycles. The second kappa shape index (κ2) is 16.4. The highest BCUT2D eigenvalue weighted by atomic mass is 79.9. The lowest BCUT2D eigenvalue weighted by Crippen LogP contribution is -2.29. The minimum absolute atomic E-state index is 0.0428. The zero-order chi connectivity index (χ0) is 30.7. The highest BCUT2D eigenvalue weighted by Gasteiger charge is 2.25. The second-order valence-corrected chi connectivity index (χ2v) is 12.6. The van der Waals surface area contributed by atoms with E-state index in [0.29, 0.717) is 18.4 Å². The first-order valence-corrected chi connectivity index (χ1v) is 15.5. The van der Waals surface area contributed by atoms with Gasteiger partial charge in [0.25, 0.3) is 0 Å². The minimum Gasteiger partial charge on any atom is -0.458 e. The number of halogens is 2. The lowest BCUT2D eigenvalue weighted by molar-refractivity contribution is -0.160. The Hall–Kier alpha value is -2.53. The van der Waals surface area contributed by atoms with Crippen LogP contribution in [0, 0.1) is 17.7 Å². The number of benzene rings is 2. The summed E-state index contributed by atoms with van der Waals surface area (Å²) in [5, 5.41) is 22.1. The van der Waals surface area contributed by atoms with Crippen LogP contribution in [0.15, 0.2) is 59.1 Å². The quantitative estimate of drug-likeness (QED) is 0.210. The van der Waals surface area contributed by atoms with Crippen LogP contribution in [-0.2, 0) is 27.2 Å². The molecule has 7 nitrogen and oxygen atoms in total. The highest BCUT2D eigenvalue weighted by Crippen LogP contribution is 2.34. The minimum atomic E-state index is -1.59. The summed E-state index contributed by atoms with van der Waals surface area (Å²) in [6.07, 6.45) is 6.73. The molecule has 0 radical (unpaired) electrons. The maximum absolute atomic E-state index is 12.3. The molecular weight excluding hydrogens is 602 g/mol. The van der Waals surface area contributed by atoms with Crippen molar-refractivity contribution < 1.29 is 28.7 Å². The summed E-state index contributed by atoms with van der Waals surface area (Å²) in [5.41, 5.74) is 3.20. The average molecular weight is 645 g/mol. The smallest absolute Gasteiger partial charge is 0.458 e. The topological polar surface area (TPSA) is 93.8 Å². The van der Waals surface area contributed by atoms with E-state index in [2.05, 4.69) is 51.8 Å². The van der Waals surface area contributed by atoms with Crippen LogP contribution in [0.4, 0.5) is 4.39 Å². The number of carbonyl (C=O) groups excluding carboxylic acids is 1. The van der Waals surface area contributed by atoms with Crippen LogP contribution in [0.2, 0.25) is 0 Å². The number of esters is 1. The summed E-state index contributed by atoms with van der Waals surface area (Å²) in [6, 6.07) is 15.6. The Balaban J connectivity index is 0.000000408. The molecule has 42 heavy (non-hydrogen) atoms. The van der Waals surface area contributed by atoms with Crippen LogP contribution in [0.25, 0.3) is 11.3 Å². The van der Waals surface area contributed by atoms with Gasteiger partial charge in [-0.25, -0.2) is 9.18 Å². The van der Waals surface area contributed by atoms with E-state index >= 15 is 0 Å². The van der Waals surface area contributed by atoms with Gasteiger partial charge in [0, 0.05) is 12.1 Å². The molecular formula is C32H43BBrFN2O5. The standard InChI is InChI=1S/C26H37BrN2O3.C6H6BFO2/c1-5-9-22-24(27)25(21-10-7-6-8-11-21)28-29(22)16-19-12-14-20(15-13-19)17-31-18-23(30)32-26(2,3)4;8-6-3-1-2-5(4-6)7(9)10/h6-8,10-11,19-20H,5,9,12-18H2,1-4H3;1-4,9-10H. The monoisotopic (exact) mass is 644 g/mol. The molecule has 0 unspecified atom stereocenters. The van der Waals surface area contributed by atoms with Gasteiger partial charge in [-0.3, -0.25) is 4.68 Å². The van der Waals surface area contributed by atoms with Gasteiger partial charge < -0.3 is 19.5 Å². The maximum atomic E-state index is 12.3. The number of aromatic nitrogens is 2. The third-order valence-electron chi connectivity index (χ3n) is 7.07. The molecule has 3 aromatic rings. The van der Waals surface area contributed by atoms with Crippen molar-refractivity contribution in [2.24, 2.45) is 11.8 Å². The first-order valence-electron chi connectivity index (χ1n) is 14.7.